The van der Waals surface area contributed by atoms with E-state index in [1.165, 1.54) is 18.2 Å². The smallest absolute Gasteiger partial charge is 0.435 e. The third-order valence-corrected chi connectivity index (χ3v) is 10.1. The third-order valence-electron chi connectivity index (χ3n) is 9.51. The fourth-order valence-corrected chi connectivity index (χ4v) is 8.27. The summed E-state index contributed by atoms with van der Waals surface area (Å²) in [4.78, 5) is 38.4. The molecule has 1 N–H and O–H groups in total. The van der Waals surface area contributed by atoms with Gasteiger partial charge in [-0.25, -0.2) is 9.18 Å². The van der Waals surface area contributed by atoms with Gasteiger partial charge in [0, 0.05) is 22.7 Å². The second-order valence-electron chi connectivity index (χ2n) is 11.3. The Bertz CT molecular complexity index is 1180. The molecule has 37 heavy (non-hydrogen) atoms. The number of ether oxygens (including phenoxy) is 2. The molecule has 206 valence electrons. The molecule has 4 rings (SSSR count). The van der Waals surface area contributed by atoms with Crippen LogP contribution < -0.4 is 0 Å². The number of carbonyl (C=O) groups is 3. The Balaban J connectivity index is 1.82. The Kier molecular flexibility index (Phi) is 6.78. The number of fused-ring (bicyclic) bond motifs is 5. The van der Waals surface area contributed by atoms with Crippen LogP contribution in [0.3, 0.4) is 0 Å². The highest BCUT2D eigenvalue weighted by Crippen LogP contribution is 2.71. The molecule has 4 aliphatic rings. The van der Waals surface area contributed by atoms with E-state index in [2.05, 4.69) is 0 Å². The van der Waals surface area contributed by atoms with E-state index in [1.54, 1.807) is 27.7 Å². The lowest BCUT2D eigenvalue weighted by Gasteiger charge is -2.62. The van der Waals surface area contributed by atoms with Crippen LogP contribution in [-0.2, 0) is 33.4 Å². The molecule has 0 unspecified atom stereocenters. The number of halogens is 1. The Morgan fingerprint density at radius 3 is 2.54 bits per heavy atom. The molecule has 0 amide bonds. The minimum Gasteiger partial charge on any atom is -0.435 e. The highest BCUT2D eigenvalue weighted by molar-refractivity contribution is 7.86. The Morgan fingerprint density at radius 1 is 1.24 bits per heavy atom. The van der Waals surface area contributed by atoms with Gasteiger partial charge in [0.05, 0.1) is 19.0 Å². The highest BCUT2D eigenvalue weighted by atomic mass is 32.2. The van der Waals surface area contributed by atoms with Crippen LogP contribution in [0.15, 0.2) is 23.8 Å². The molecule has 0 saturated heterocycles. The van der Waals surface area contributed by atoms with E-state index in [1.807, 2.05) is 0 Å². The van der Waals surface area contributed by atoms with Crippen molar-refractivity contribution in [2.45, 2.75) is 70.8 Å². The van der Waals surface area contributed by atoms with Crippen molar-refractivity contribution in [2.75, 3.05) is 19.5 Å². The van der Waals surface area contributed by atoms with Gasteiger partial charge < -0.3 is 14.6 Å². The van der Waals surface area contributed by atoms with Gasteiger partial charge in [0.15, 0.2) is 17.1 Å². The molecule has 0 aromatic rings. The van der Waals surface area contributed by atoms with Gasteiger partial charge in [-0.05, 0) is 57.6 Å². The molecular weight excluding hydrogens is 507 g/mol. The van der Waals surface area contributed by atoms with E-state index in [-0.39, 0.29) is 18.8 Å². The number of allylic oxidation sites excluding steroid dienone is 4. The van der Waals surface area contributed by atoms with E-state index in [0.717, 1.165) is 6.26 Å². The lowest BCUT2D eigenvalue weighted by molar-refractivity contribution is -0.221. The Hall–Kier alpha value is -2.11. The lowest BCUT2D eigenvalue weighted by Crippen LogP contribution is -2.70. The second kappa shape index (κ2) is 8.98. The summed E-state index contributed by atoms with van der Waals surface area (Å²) in [7, 11) is -3.99. The third kappa shape index (κ3) is 3.91. The summed E-state index contributed by atoms with van der Waals surface area (Å²) >= 11 is 0. The maximum Gasteiger partial charge on any atom is 0.509 e. The Labute approximate surface area is 216 Å². The van der Waals surface area contributed by atoms with Gasteiger partial charge in [-0.15, -0.1) is 0 Å². The number of alkyl halides is 1. The first kappa shape index (κ1) is 27.9. The Morgan fingerprint density at radius 2 is 1.92 bits per heavy atom. The van der Waals surface area contributed by atoms with E-state index in [4.69, 9.17) is 13.7 Å². The average molecular weight is 543 g/mol. The molecular formula is C26H35FO9S. The summed E-state index contributed by atoms with van der Waals surface area (Å²) in [5.74, 6) is -2.88. The van der Waals surface area contributed by atoms with Crippen molar-refractivity contribution >= 4 is 27.8 Å². The minimum absolute atomic E-state index is 0.0190. The first-order chi connectivity index (χ1) is 17.1. The molecule has 0 radical (unpaired) electrons. The zero-order chi connectivity index (χ0) is 27.6. The largest absolute Gasteiger partial charge is 0.509 e. The number of hydrogen-bond acceptors (Lipinski definition) is 9. The molecule has 0 bridgehead atoms. The molecule has 0 aromatic heterocycles. The number of Topliss-reactive ketones (excluding diaryl/α,β-unsaturated/α-hetero) is 1. The molecule has 11 heteroatoms. The molecule has 0 aliphatic heterocycles. The molecule has 3 saturated carbocycles. The summed E-state index contributed by atoms with van der Waals surface area (Å²) in [6, 6.07) is 0. The number of ketones is 2. The van der Waals surface area contributed by atoms with Crippen LogP contribution in [0.25, 0.3) is 0 Å². The first-order valence-electron chi connectivity index (χ1n) is 12.6. The van der Waals surface area contributed by atoms with E-state index >= 15 is 4.39 Å². The monoisotopic (exact) mass is 542 g/mol. The van der Waals surface area contributed by atoms with Crippen LogP contribution in [-0.4, -0.2) is 68.1 Å². The van der Waals surface area contributed by atoms with Crippen LogP contribution in [0.2, 0.25) is 0 Å². The normalized spacial score (nSPS) is 42.8. The van der Waals surface area contributed by atoms with Crippen LogP contribution >= 0.6 is 0 Å². The molecule has 4 aliphatic carbocycles. The molecule has 9 nitrogen and oxygen atoms in total. The summed E-state index contributed by atoms with van der Waals surface area (Å²) in [5, 5.41) is 11.5. The summed E-state index contributed by atoms with van der Waals surface area (Å²) in [6.45, 7) is 5.75. The zero-order valence-electron chi connectivity index (χ0n) is 21.8. The van der Waals surface area contributed by atoms with Crippen molar-refractivity contribution in [3.05, 3.63) is 23.8 Å². The second-order valence-corrected chi connectivity index (χ2v) is 13.0. The molecule has 8 atom stereocenters. The van der Waals surface area contributed by atoms with Crippen molar-refractivity contribution in [3.8, 4) is 0 Å². The molecule has 0 heterocycles. The maximum absolute atomic E-state index is 17.4. The predicted octanol–water partition coefficient (Wildman–Crippen LogP) is 3.06. The number of rotatable bonds is 6. The number of aliphatic hydroxyl groups is 1. The summed E-state index contributed by atoms with van der Waals surface area (Å²) in [5.41, 5.74) is -5.89. The van der Waals surface area contributed by atoms with E-state index in [0.29, 0.717) is 24.8 Å². The topological polar surface area (TPSA) is 133 Å². The average Bonchev–Trinajstić information content (AvgIpc) is 3.00. The van der Waals surface area contributed by atoms with Crippen LogP contribution in [0, 0.1) is 28.6 Å². The van der Waals surface area contributed by atoms with E-state index in [9.17, 15) is 27.9 Å². The van der Waals surface area contributed by atoms with Gasteiger partial charge in [0.2, 0.25) is 5.78 Å². The van der Waals surface area contributed by atoms with Gasteiger partial charge in [0.1, 0.15) is 6.61 Å². The van der Waals surface area contributed by atoms with Crippen molar-refractivity contribution in [1.82, 2.24) is 0 Å². The minimum atomic E-state index is -3.99. The predicted molar refractivity (Wildman–Crippen MR) is 130 cm³/mol. The quantitative estimate of drug-likeness (QED) is 0.397. The number of aliphatic hydroxyl groups excluding tert-OH is 1. The van der Waals surface area contributed by atoms with Gasteiger partial charge in [-0.2, -0.15) is 8.42 Å². The van der Waals surface area contributed by atoms with Gasteiger partial charge in [0.25, 0.3) is 10.1 Å². The summed E-state index contributed by atoms with van der Waals surface area (Å²) < 4.78 is 56.2. The number of carbonyl (C=O) groups excluding carboxylic acids is 3. The fraction of sp³-hybridized carbons (Fsp3) is 0.731. The SMILES string of the molecule is CCOC(=O)O[C@]1(C(=O)COS(C)(=O)=O)[C@H](C)C[C@H]2[C@@H]3CCC4=CC(=O)C=C[C@]4(C)[C@@]3(F)[C@@H](O)C[C@@]21C. The van der Waals surface area contributed by atoms with Crippen LogP contribution in [0.5, 0.6) is 0 Å². The van der Waals surface area contributed by atoms with Crippen LogP contribution in [0.1, 0.15) is 53.4 Å². The van der Waals surface area contributed by atoms with Crippen molar-refractivity contribution in [1.29, 1.82) is 0 Å². The van der Waals surface area contributed by atoms with E-state index < -0.39 is 74.6 Å². The molecule has 3 fully saturated rings. The first-order valence-corrected chi connectivity index (χ1v) is 14.4. The molecule has 0 spiro atoms. The maximum atomic E-state index is 17.4. The van der Waals surface area contributed by atoms with Crippen molar-refractivity contribution < 1.29 is 46.0 Å². The standard InChI is InChI=1S/C26H35FO9S/c1-6-34-22(31)36-26(21(30)14-35-37(5,32)33)15(2)11-19-18-8-7-16-12-17(28)9-10-23(16,3)25(18,27)20(29)13-24(19,26)4/h9-10,12,15,18-20,29H,6-8,11,13-14H2,1-5H3/t15-,18+,19+,20+,23+,24+,25+,26+/m1/s1. The van der Waals surface area contributed by atoms with Crippen molar-refractivity contribution in [3.63, 3.8) is 0 Å². The fourth-order valence-electron chi connectivity index (χ4n) is 7.95. The zero-order valence-corrected chi connectivity index (χ0v) is 22.6. The van der Waals surface area contributed by atoms with Gasteiger partial charge >= 0.3 is 6.16 Å². The molecule has 0 aromatic carbocycles. The lowest BCUT2D eigenvalue weighted by atomic mass is 9.44. The summed E-state index contributed by atoms with van der Waals surface area (Å²) in [6.07, 6.45) is 3.26. The van der Waals surface area contributed by atoms with Gasteiger partial charge in [-0.1, -0.05) is 25.5 Å². The van der Waals surface area contributed by atoms with Crippen molar-refractivity contribution in [2.24, 2.45) is 28.6 Å². The van der Waals surface area contributed by atoms with Crippen LogP contribution in [0.4, 0.5) is 9.18 Å². The number of hydrogen-bond donors (Lipinski definition) is 1. The highest BCUT2D eigenvalue weighted by Gasteiger charge is 2.77. The van der Waals surface area contributed by atoms with Gasteiger partial charge in [-0.3, -0.25) is 13.8 Å².